The third-order valence-corrected chi connectivity index (χ3v) is 5.28. The second-order valence-electron chi connectivity index (χ2n) is 6.19. The number of nitrogens with one attached hydrogen (secondary N) is 1. The van der Waals surface area contributed by atoms with Crippen LogP contribution >= 0.6 is 0 Å². The van der Waals surface area contributed by atoms with Gasteiger partial charge in [-0.2, -0.15) is 0 Å². The van der Waals surface area contributed by atoms with Crippen LogP contribution < -0.4 is 5.32 Å². The fourth-order valence-corrected chi connectivity index (χ4v) is 4.19. The summed E-state index contributed by atoms with van der Waals surface area (Å²) in [5.41, 5.74) is 0. The Hall–Kier alpha value is -0.0800. The van der Waals surface area contributed by atoms with Crippen LogP contribution in [0.3, 0.4) is 0 Å². The lowest BCUT2D eigenvalue weighted by molar-refractivity contribution is 0.258. The largest absolute Gasteiger partial charge is 0.312 e. The molecule has 1 aliphatic carbocycles. The molecule has 2 heteroatoms. The molecule has 2 heterocycles. The van der Waals surface area contributed by atoms with Gasteiger partial charge in [0, 0.05) is 19.1 Å². The minimum atomic E-state index is 0.822. The molecule has 0 aromatic heterocycles. The highest BCUT2D eigenvalue weighted by atomic mass is 15.2. The topological polar surface area (TPSA) is 15.3 Å². The van der Waals surface area contributed by atoms with E-state index in [1.807, 2.05) is 0 Å². The highest BCUT2D eigenvalue weighted by molar-refractivity contribution is 4.96. The van der Waals surface area contributed by atoms with Crippen molar-refractivity contribution in [2.45, 2.75) is 45.1 Å². The first-order chi connectivity index (χ1) is 7.86. The van der Waals surface area contributed by atoms with Gasteiger partial charge in [-0.3, -0.25) is 0 Å². The van der Waals surface area contributed by atoms with Crippen LogP contribution in [-0.2, 0) is 0 Å². The predicted octanol–water partition coefficient (Wildman–Crippen LogP) is 2.11. The summed E-state index contributed by atoms with van der Waals surface area (Å²) in [6.45, 7) is 7.70. The van der Waals surface area contributed by atoms with E-state index >= 15 is 0 Å². The van der Waals surface area contributed by atoms with Crippen LogP contribution in [0.15, 0.2) is 0 Å². The first-order valence-electron chi connectivity index (χ1n) is 7.32. The van der Waals surface area contributed by atoms with Crippen molar-refractivity contribution in [2.75, 3.05) is 26.2 Å². The van der Waals surface area contributed by atoms with Gasteiger partial charge in [-0.1, -0.05) is 19.8 Å². The molecule has 4 unspecified atom stereocenters. The van der Waals surface area contributed by atoms with Gasteiger partial charge in [0.15, 0.2) is 0 Å². The zero-order valence-corrected chi connectivity index (χ0v) is 10.6. The third-order valence-electron chi connectivity index (χ3n) is 5.28. The molecule has 3 rings (SSSR count). The quantitative estimate of drug-likeness (QED) is 0.787. The molecule has 0 aromatic carbocycles. The average Bonchev–Trinajstić information content (AvgIpc) is 2.97. The van der Waals surface area contributed by atoms with Crippen LogP contribution in [0, 0.1) is 17.8 Å². The Bertz CT molecular complexity index is 241. The minimum absolute atomic E-state index is 0.822. The van der Waals surface area contributed by atoms with Crippen molar-refractivity contribution < 1.29 is 0 Å². The van der Waals surface area contributed by atoms with E-state index in [1.165, 1.54) is 58.3 Å². The van der Waals surface area contributed by atoms with E-state index in [9.17, 15) is 0 Å². The second kappa shape index (κ2) is 4.66. The molecule has 0 amide bonds. The van der Waals surface area contributed by atoms with Crippen molar-refractivity contribution in [3.05, 3.63) is 0 Å². The number of fused-ring (bicyclic) bond motifs is 1. The predicted molar refractivity (Wildman–Crippen MR) is 67.5 cm³/mol. The summed E-state index contributed by atoms with van der Waals surface area (Å²) in [4.78, 5) is 2.71. The SMILES string of the molecule is CCC1CCN(CC2NCC3CCCC32)C1. The number of rotatable bonds is 3. The molecule has 2 saturated heterocycles. The summed E-state index contributed by atoms with van der Waals surface area (Å²) >= 11 is 0. The number of nitrogens with zero attached hydrogens (tertiary/aromatic N) is 1. The van der Waals surface area contributed by atoms with Crippen LogP contribution in [0.2, 0.25) is 0 Å². The molecule has 92 valence electrons. The normalized spacial score (nSPS) is 44.1. The molecular weight excluding hydrogens is 196 g/mol. The van der Waals surface area contributed by atoms with E-state index in [0.717, 1.165) is 23.8 Å². The Kier molecular flexibility index (Phi) is 3.21. The van der Waals surface area contributed by atoms with Crippen LogP contribution in [0.5, 0.6) is 0 Å². The third kappa shape index (κ3) is 2.02. The summed E-state index contributed by atoms with van der Waals surface area (Å²) in [5, 5.41) is 3.78. The molecule has 16 heavy (non-hydrogen) atoms. The van der Waals surface area contributed by atoms with E-state index in [-0.39, 0.29) is 0 Å². The van der Waals surface area contributed by atoms with Crippen molar-refractivity contribution in [3.8, 4) is 0 Å². The smallest absolute Gasteiger partial charge is 0.0226 e. The number of hydrogen-bond donors (Lipinski definition) is 1. The van der Waals surface area contributed by atoms with Crippen molar-refractivity contribution in [1.82, 2.24) is 10.2 Å². The molecule has 3 fully saturated rings. The maximum atomic E-state index is 3.78. The molecule has 0 spiro atoms. The van der Waals surface area contributed by atoms with Crippen LogP contribution in [0.4, 0.5) is 0 Å². The van der Waals surface area contributed by atoms with Crippen molar-refractivity contribution >= 4 is 0 Å². The highest BCUT2D eigenvalue weighted by Gasteiger charge is 2.39. The molecule has 1 saturated carbocycles. The molecule has 2 nitrogen and oxygen atoms in total. The van der Waals surface area contributed by atoms with E-state index in [1.54, 1.807) is 0 Å². The van der Waals surface area contributed by atoms with Gasteiger partial charge in [0.2, 0.25) is 0 Å². The summed E-state index contributed by atoms with van der Waals surface area (Å²) < 4.78 is 0. The second-order valence-corrected chi connectivity index (χ2v) is 6.19. The van der Waals surface area contributed by atoms with Gasteiger partial charge in [-0.25, -0.2) is 0 Å². The maximum absolute atomic E-state index is 3.78. The molecule has 4 atom stereocenters. The molecule has 1 N–H and O–H groups in total. The molecule has 0 bridgehead atoms. The Labute approximate surface area is 99.8 Å². The number of likely N-dealkylation sites (tertiary alicyclic amines) is 1. The summed E-state index contributed by atoms with van der Waals surface area (Å²) in [5.74, 6) is 3.02. The fourth-order valence-electron chi connectivity index (χ4n) is 4.19. The van der Waals surface area contributed by atoms with Crippen LogP contribution in [-0.4, -0.2) is 37.1 Å². The standard InChI is InChI=1S/C14H26N2/c1-2-11-6-7-16(9-11)10-14-13-5-3-4-12(13)8-15-14/h11-15H,2-10H2,1H3. The van der Waals surface area contributed by atoms with Gasteiger partial charge in [0.05, 0.1) is 0 Å². The van der Waals surface area contributed by atoms with E-state index in [4.69, 9.17) is 0 Å². The molecular formula is C14H26N2. The van der Waals surface area contributed by atoms with Crippen LogP contribution in [0.1, 0.15) is 39.0 Å². The van der Waals surface area contributed by atoms with Gasteiger partial charge in [0.25, 0.3) is 0 Å². The zero-order chi connectivity index (χ0) is 11.0. The summed E-state index contributed by atoms with van der Waals surface area (Å²) in [6.07, 6.45) is 7.29. The van der Waals surface area contributed by atoms with Crippen molar-refractivity contribution in [1.29, 1.82) is 0 Å². The molecule has 0 aromatic rings. The van der Waals surface area contributed by atoms with Gasteiger partial charge < -0.3 is 10.2 Å². The zero-order valence-electron chi connectivity index (χ0n) is 10.6. The Balaban J connectivity index is 1.52. The molecule has 2 aliphatic heterocycles. The van der Waals surface area contributed by atoms with E-state index in [2.05, 4.69) is 17.1 Å². The van der Waals surface area contributed by atoms with Crippen LogP contribution in [0.25, 0.3) is 0 Å². The van der Waals surface area contributed by atoms with Gasteiger partial charge in [-0.05, 0) is 50.1 Å². The summed E-state index contributed by atoms with van der Waals surface area (Å²) in [6, 6.07) is 0.822. The minimum Gasteiger partial charge on any atom is -0.312 e. The Morgan fingerprint density at radius 1 is 1.25 bits per heavy atom. The van der Waals surface area contributed by atoms with Gasteiger partial charge in [0.1, 0.15) is 0 Å². The van der Waals surface area contributed by atoms with Gasteiger partial charge in [-0.15, -0.1) is 0 Å². The summed E-state index contributed by atoms with van der Waals surface area (Å²) in [7, 11) is 0. The monoisotopic (exact) mass is 222 g/mol. The Morgan fingerprint density at radius 2 is 2.19 bits per heavy atom. The average molecular weight is 222 g/mol. The first-order valence-corrected chi connectivity index (χ1v) is 7.32. The lowest BCUT2D eigenvalue weighted by Gasteiger charge is -2.24. The fraction of sp³-hybridized carbons (Fsp3) is 1.00. The lowest BCUT2D eigenvalue weighted by atomic mass is 9.94. The molecule has 0 radical (unpaired) electrons. The van der Waals surface area contributed by atoms with Gasteiger partial charge >= 0.3 is 0 Å². The lowest BCUT2D eigenvalue weighted by Crippen LogP contribution is -2.39. The molecule has 3 aliphatic rings. The van der Waals surface area contributed by atoms with Crippen molar-refractivity contribution in [3.63, 3.8) is 0 Å². The van der Waals surface area contributed by atoms with E-state index in [0.29, 0.717) is 0 Å². The first kappa shape index (κ1) is 11.0. The Morgan fingerprint density at radius 3 is 3.00 bits per heavy atom. The number of hydrogen-bond acceptors (Lipinski definition) is 2. The van der Waals surface area contributed by atoms with Crippen molar-refractivity contribution in [2.24, 2.45) is 17.8 Å². The highest BCUT2D eigenvalue weighted by Crippen LogP contribution is 2.38. The maximum Gasteiger partial charge on any atom is 0.0226 e. The van der Waals surface area contributed by atoms with E-state index < -0.39 is 0 Å².